The van der Waals surface area contributed by atoms with Crippen LogP contribution in [0.1, 0.15) is 31.1 Å². The molecule has 1 aromatic carbocycles. The van der Waals surface area contributed by atoms with E-state index in [-0.39, 0.29) is 12.0 Å². The van der Waals surface area contributed by atoms with E-state index in [0.29, 0.717) is 12.5 Å². The van der Waals surface area contributed by atoms with E-state index in [1.807, 2.05) is 25.1 Å². The monoisotopic (exact) mass is 206 g/mol. The number of ether oxygens (including phenoxy) is 1. The zero-order valence-corrected chi connectivity index (χ0v) is 9.53. The summed E-state index contributed by atoms with van der Waals surface area (Å²) in [6.07, 6.45) is -0.381. The summed E-state index contributed by atoms with van der Waals surface area (Å²) >= 11 is 0. The normalized spacial score (nSPS) is 24.9. The topological polar surface area (TPSA) is 29.5 Å². The number of hydrogen-bond donors (Lipinski definition) is 1. The number of aliphatic hydroxyl groups is 1. The molecule has 1 aliphatic heterocycles. The standard InChI is InChI=1S/C13H18O2/c1-8(2)11-7-15-12-5-4-9(3)6-10(12)13(11)14/h4-6,8,11,13-14H,7H2,1-3H3/t11-,13-/m0/s1. The average molecular weight is 206 g/mol. The van der Waals surface area contributed by atoms with Crippen molar-refractivity contribution in [2.75, 3.05) is 6.61 Å². The zero-order chi connectivity index (χ0) is 11.0. The lowest BCUT2D eigenvalue weighted by Crippen LogP contribution is -2.29. The van der Waals surface area contributed by atoms with E-state index in [1.165, 1.54) is 5.56 Å². The lowest BCUT2D eigenvalue weighted by Gasteiger charge is -2.32. The number of fused-ring (bicyclic) bond motifs is 1. The van der Waals surface area contributed by atoms with Crippen LogP contribution in [-0.2, 0) is 0 Å². The summed E-state index contributed by atoms with van der Waals surface area (Å²) in [5.74, 6) is 1.48. The van der Waals surface area contributed by atoms with E-state index in [0.717, 1.165) is 11.3 Å². The fourth-order valence-corrected chi connectivity index (χ4v) is 2.10. The molecule has 0 unspecified atom stereocenters. The summed E-state index contributed by atoms with van der Waals surface area (Å²) in [6.45, 7) is 6.90. The van der Waals surface area contributed by atoms with Gasteiger partial charge in [0.2, 0.25) is 0 Å². The minimum absolute atomic E-state index is 0.208. The summed E-state index contributed by atoms with van der Waals surface area (Å²) in [6, 6.07) is 5.99. The number of hydrogen-bond acceptors (Lipinski definition) is 2. The van der Waals surface area contributed by atoms with Crippen molar-refractivity contribution in [2.45, 2.75) is 26.9 Å². The minimum Gasteiger partial charge on any atom is -0.493 e. The molecule has 0 saturated carbocycles. The molecule has 0 fully saturated rings. The highest BCUT2D eigenvalue weighted by molar-refractivity contribution is 5.40. The summed E-state index contributed by atoms with van der Waals surface area (Å²) in [5.41, 5.74) is 2.11. The van der Waals surface area contributed by atoms with Crippen LogP contribution in [0.4, 0.5) is 0 Å². The maximum Gasteiger partial charge on any atom is 0.125 e. The number of rotatable bonds is 1. The number of aryl methyl sites for hydroxylation is 1. The highest BCUT2D eigenvalue weighted by atomic mass is 16.5. The molecule has 0 spiro atoms. The summed E-state index contributed by atoms with van der Waals surface area (Å²) in [4.78, 5) is 0. The molecule has 2 rings (SSSR count). The van der Waals surface area contributed by atoms with Gasteiger partial charge in [-0.1, -0.05) is 25.5 Å². The number of aliphatic hydroxyl groups excluding tert-OH is 1. The second kappa shape index (κ2) is 3.86. The van der Waals surface area contributed by atoms with Crippen molar-refractivity contribution in [1.29, 1.82) is 0 Å². The third kappa shape index (κ3) is 1.86. The Labute approximate surface area is 90.9 Å². The lowest BCUT2D eigenvalue weighted by atomic mass is 9.85. The fraction of sp³-hybridized carbons (Fsp3) is 0.538. The first-order chi connectivity index (χ1) is 7.09. The molecule has 1 heterocycles. The number of benzene rings is 1. The molecule has 0 radical (unpaired) electrons. The van der Waals surface area contributed by atoms with Crippen LogP contribution in [0, 0.1) is 18.8 Å². The Morgan fingerprint density at radius 3 is 2.80 bits per heavy atom. The molecule has 2 atom stereocenters. The van der Waals surface area contributed by atoms with Crippen molar-refractivity contribution < 1.29 is 9.84 Å². The minimum atomic E-state index is -0.381. The largest absolute Gasteiger partial charge is 0.493 e. The van der Waals surface area contributed by atoms with E-state index in [2.05, 4.69) is 13.8 Å². The van der Waals surface area contributed by atoms with Gasteiger partial charge in [0.1, 0.15) is 5.75 Å². The third-order valence-corrected chi connectivity index (χ3v) is 3.18. The SMILES string of the molecule is Cc1ccc2c(c1)[C@H](O)[C@H](C(C)C)CO2. The first kappa shape index (κ1) is 10.5. The molecule has 0 amide bonds. The molecule has 1 N–H and O–H groups in total. The molecule has 82 valence electrons. The first-order valence-corrected chi connectivity index (χ1v) is 5.51. The van der Waals surface area contributed by atoms with E-state index in [9.17, 15) is 5.11 Å². The first-order valence-electron chi connectivity index (χ1n) is 5.51. The molecule has 2 heteroatoms. The Balaban J connectivity index is 2.36. The van der Waals surface area contributed by atoms with E-state index in [1.54, 1.807) is 0 Å². The van der Waals surface area contributed by atoms with Crippen LogP contribution < -0.4 is 4.74 Å². The van der Waals surface area contributed by atoms with E-state index in [4.69, 9.17) is 4.74 Å². The van der Waals surface area contributed by atoms with Gasteiger partial charge in [0.15, 0.2) is 0 Å². The quantitative estimate of drug-likeness (QED) is 0.765. The van der Waals surface area contributed by atoms with Gasteiger partial charge in [-0.25, -0.2) is 0 Å². The molecule has 1 aliphatic rings. The molecular formula is C13H18O2. The molecule has 2 nitrogen and oxygen atoms in total. The molecule has 1 aromatic rings. The molecular weight excluding hydrogens is 188 g/mol. The average Bonchev–Trinajstić information content (AvgIpc) is 2.19. The van der Waals surface area contributed by atoms with E-state index < -0.39 is 0 Å². The highest BCUT2D eigenvalue weighted by Crippen LogP contribution is 2.38. The van der Waals surface area contributed by atoms with Crippen molar-refractivity contribution in [3.8, 4) is 5.75 Å². The van der Waals surface area contributed by atoms with E-state index >= 15 is 0 Å². The van der Waals surface area contributed by atoms with Crippen LogP contribution >= 0.6 is 0 Å². The van der Waals surface area contributed by atoms with Gasteiger partial charge in [0.25, 0.3) is 0 Å². The Bertz CT molecular complexity index is 358. The van der Waals surface area contributed by atoms with Gasteiger partial charge < -0.3 is 9.84 Å². The predicted molar refractivity (Wildman–Crippen MR) is 60.0 cm³/mol. The maximum atomic E-state index is 10.2. The molecule has 0 aliphatic carbocycles. The smallest absolute Gasteiger partial charge is 0.125 e. The van der Waals surface area contributed by atoms with Crippen molar-refractivity contribution in [1.82, 2.24) is 0 Å². The second-order valence-corrected chi connectivity index (χ2v) is 4.70. The molecule has 15 heavy (non-hydrogen) atoms. The highest BCUT2D eigenvalue weighted by Gasteiger charge is 2.31. The summed E-state index contributed by atoms with van der Waals surface area (Å²) in [7, 11) is 0. The van der Waals surface area contributed by atoms with Gasteiger partial charge in [-0.2, -0.15) is 0 Å². The fourth-order valence-electron chi connectivity index (χ4n) is 2.10. The predicted octanol–water partition coefficient (Wildman–Crippen LogP) is 2.69. The summed E-state index contributed by atoms with van der Waals surface area (Å²) < 4.78 is 5.66. The van der Waals surface area contributed by atoms with Crippen LogP contribution in [0.3, 0.4) is 0 Å². The van der Waals surface area contributed by atoms with Gasteiger partial charge in [-0.3, -0.25) is 0 Å². The molecule has 0 aromatic heterocycles. The zero-order valence-electron chi connectivity index (χ0n) is 9.53. The lowest BCUT2D eigenvalue weighted by molar-refractivity contribution is 0.0262. The van der Waals surface area contributed by atoms with Gasteiger partial charge in [-0.15, -0.1) is 0 Å². The molecule has 0 saturated heterocycles. The van der Waals surface area contributed by atoms with Crippen molar-refractivity contribution in [2.24, 2.45) is 11.8 Å². The summed E-state index contributed by atoms with van der Waals surface area (Å²) in [5, 5.41) is 10.2. The van der Waals surface area contributed by atoms with Gasteiger partial charge in [0.05, 0.1) is 12.7 Å². The second-order valence-electron chi connectivity index (χ2n) is 4.70. The van der Waals surface area contributed by atoms with Crippen molar-refractivity contribution in [3.05, 3.63) is 29.3 Å². The Kier molecular flexibility index (Phi) is 2.70. The maximum absolute atomic E-state index is 10.2. The Hall–Kier alpha value is -1.02. The van der Waals surface area contributed by atoms with Crippen LogP contribution in [0.2, 0.25) is 0 Å². The van der Waals surface area contributed by atoms with Gasteiger partial charge in [0, 0.05) is 11.5 Å². The van der Waals surface area contributed by atoms with Crippen molar-refractivity contribution >= 4 is 0 Å². The third-order valence-electron chi connectivity index (χ3n) is 3.18. The van der Waals surface area contributed by atoms with Crippen molar-refractivity contribution in [3.63, 3.8) is 0 Å². The van der Waals surface area contributed by atoms with Crippen LogP contribution in [0.15, 0.2) is 18.2 Å². The van der Waals surface area contributed by atoms with Gasteiger partial charge >= 0.3 is 0 Å². The van der Waals surface area contributed by atoms with Crippen LogP contribution in [0.5, 0.6) is 5.75 Å². The van der Waals surface area contributed by atoms with Crippen LogP contribution in [-0.4, -0.2) is 11.7 Å². The Morgan fingerprint density at radius 1 is 1.40 bits per heavy atom. The Morgan fingerprint density at radius 2 is 2.13 bits per heavy atom. The molecule has 0 bridgehead atoms. The van der Waals surface area contributed by atoms with Gasteiger partial charge in [-0.05, 0) is 25.0 Å². The van der Waals surface area contributed by atoms with Crippen LogP contribution in [0.25, 0.3) is 0 Å².